The van der Waals surface area contributed by atoms with Crippen LogP contribution < -0.4 is 0 Å². The molecule has 0 bridgehead atoms. The average Bonchev–Trinajstić information content (AvgIpc) is 2.56. The third-order valence-corrected chi connectivity index (χ3v) is 4.02. The molecule has 0 aromatic heterocycles. The van der Waals surface area contributed by atoms with Crippen molar-refractivity contribution in [2.45, 2.75) is 66.4 Å². The molecule has 0 aliphatic rings. The number of carbonyl (C=O) groups is 2. The number of hydrogen-bond acceptors (Lipinski definition) is 3. The van der Waals surface area contributed by atoms with Crippen LogP contribution in [-0.4, -0.2) is 28.9 Å². The highest BCUT2D eigenvalue weighted by Crippen LogP contribution is 2.18. The summed E-state index contributed by atoms with van der Waals surface area (Å²) in [6.45, 7) is 15.3. The predicted molar refractivity (Wildman–Crippen MR) is 111 cm³/mol. The zero-order chi connectivity index (χ0) is 20.6. The minimum atomic E-state index is -0.593. The fourth-order valence-electron chi connectivity index (χ4n) is 2.53. The van der Waals surface area contributed by atoms with Crippen LogP contribution in [0, 0.1) is 6.92 Å². The van der Waals surface area contributed by atoms with Crippen LogP contribution in [-0.2, 0) is 14.3 Å². The molecule has 4 nitrogen and oxygen atoms in total. The van der Waals surface area contributed by atoms with E-state index in [1.807, 2.05) is 58.9 Å². The number of unbranched alkanes of at least 4 members (excludes halogenated alkanes) is 1. The van der Waals surface area contributed by atoms with Crippen molar-refractivity contribution in [3.05, 3.63) is 53.7 Å². The van der Waals surface area contributed by atoms with Gasteiger partial charge in [0.15, 0.2) is 0 Å². The summed E-state index contributed by atoms with van der Waals surface area (Å²) in [4.78, 5) is 26.6. The van der Waals surface area contributed by atoms with Gasteiger partial charge in [-0.2, -0.15) is 0 Å². The Kier molecular flexibility index (Phi) is 8.48. The van der Waals surface area contributed by atoms with Crippen molar-refractivity contribution >= 4 is 17.4 Å². The maximum atomic E-state index is 12.9. The summed E-state index contributed by atoms with van der Waals surface area (Å²) in [6.07, 6.45) is 4.14. The van der Waals surface area contributed by atoms with E-state index < -0.39 is 11.6 Å². The van der Waals surface area contributed by atoms with Crippen molar-refractivity contribution in [2.75, 3.05) is 6.54 Å². The molecule has 0 unspecified atom stereocenters. The van der Waals surface area contributed by atoms with E-state index in [-0.39, 0.29) is 12.5 Å². The lowest BCUT2D eigenvalue weighted by molar-refractivity contribution is -0.157. The van der Waals surface area contributed by atoms with E-state index in [1.165, 1.54) is 4.90 Å². The smallest absolute Gasteiger partial charge is 0.326 e. The number of carbonyl (C=O) groups excluding carboxylic acids is 2. The Balaban J connectivity index is 3.00. The lowest BCUT2D eigenvalue weighted by Crippen LogP contribution is -2.37. The first kappa shape index (κ1) is 22.7. The number of ether oxygens (including phenoxy) is 1. The van der Waals surface area contributed by atoms with Gasteiger partial charge in [0.05, 0.1) is 0 Å². The zero-order valence-electron chi connectivity index (χ0n) is 17.6. The molecule has 0 fully saturated rings. The van der Waals surface area contributed by atoms with Gasteiger partial charge in [0.25, 0.3) is 5.91 Å². The van der Waals surface area contributed by atoms with Gasteiger partial charge in [-0.1, -0.05) is 49.8 Å². The van der Waals surface area contributed by atoms with E-state index in [4.69, 9.17) is 4.74 Å². The summed E-state index contributed by atoms with van der Waals surface area (Å²) in [5, 5.41) is 0. The summed E-state index contributed by atoms with van der Waals surface area (Å²) in [6, 6.07) is 7.99. The van der Waals surface area contributed by atoms with Gasteiger partial charge in [-0.05, 0) is 58.6 Å². The second kappa shape index (κ2) is 10.1. The predicted octanol–water partition coefficient (Wildman–Crippen LogP) is 5.27. The Morgan fingerprint density at radius 3 is 2.30 bits per heavy atom. The minimum absolute atomic E-state index is 0.129. The molecule has 27 heavy (non-hydrogen) atoms. The van der Waals surface area contributed by atoms with Gasteiger partial charge in [0.2, 0.25) is 0 Å². The molecule has 1 amide bonds. The van der Waals surface area contributed by atoms with E-state index >= 15 is 0 Å². The number of aryl methyl sites for hydroxylation is 1. The normalized spacial score (nSPS) is 11.9. The fourth-order valence-corrected chi connectivity index (χ4v) is 2.53. The highest BCUT2D eigenvalue weighted by molar-refractivity contribution is 5.97. The van der Waals surface area contributed by atoms with Gasteiger partial charge >= 0.3 is 5.97 Å². The van der Waals surface area contributed by atoms with E-state index in [1.54, 1.807) is 6.08 Å². The molecule has 0 saturated carbocycles. The van der Waals surface area contributed by atoms with Crippen LogP contribution in [0.5, 0.6) is 0 Å². The Morgan fingerprint density at radius 2 is 1.78 bits per heavy atom. The highest BCUT2D eigenvalue weighted by Gasteiger charge is 2.23. The van der Waals surface area contributed by atoms with E-state index in [9.17, 15) is 9.59 Å². The van der Waals surface area contributed by atoms with Crippen molar-refractivity contribution in [1.82, 2.24) is 4.90 Å². The van der Waals surface area contributed by atoms with Crippen molar-refractivity contribution in [1.29, 1.82) is 0 Å². The molecule has 1 aromatic carbocycles. The first-order valence-corrected chi connectivity index (χ1v) is 9.50. The van der Waals surface area contributed by atoms with Crippen LogP contribution >= 0.6 is 0 Å². The highest BCUT2D eigenvalue weighted by atomic mass is 16.6. The Bertz CT molecular complexity index is 693. The number of rotatable bonds is 8. The molecule has 0 spiro atoms. The van der Waals surface area contributed by atoms with Gasteiger partial charge < -0.3 is 9.64 Å². The summed E-state index contributed by atoms with van der Waals surface area (Å²) in [7, 11) is 0. The van der Waals surface area contributed by atoms with Crippen molar-refractivity contribution in [3.8, 4) is 0 Å². The molecule has 0 aliphatic heterocycles. The molecule has 4 heteroatoms. The molecule has 0 radical (unpaired) electrons. The van der Waals surface area contributed by atoms with Crippen LogP contribution in [0.25, 0.3) is 5.57 Å². The Hall–Kier alpha value is -2.36. The SMILES string of the molecule is C=C(CCCC)N(CC(=O)OC(C)(C)C)C(=O)/C=C(\C)c1ccc(C)cc1. The molecule has 0 atom stereocenters. The van der Waals surface area contributed by atoms with Crippen molar-refractivity contribution in [2.24, 2.45) is 0 Å². The van der Waals surface area contributed by atoms with E-state index in [2.05, 4.69) is 13.5 Å². The van der Waals surface area contributed by atoms with Gasteiger partial charge in [-0.3, -0.25) is 9.59 Å². The molecular formula is C23H33NO3. The standard InChI is InChI=1S/C23H33NO3/c1-8-9-10-19(4)24(16-22(26)27-23(5,6)7)21(25)15-18(3)20-13-11-17(2)12-14-20/h11-15H,4,8-10,16H2,1-3,5-7H3/b18-15+. The lowest BCUT2D eigenvalue weighted by atomic mass is 10.1. The van der Waals surface area contributed by atoms with Crippen LogP contribution in [0.15, 0.2) is 42.6 Å². The van der Waals surface area contributed by atoms with Crippen LogP contribution in [0.2, 0.25) is 0 Å². The van der Waals surface area contributed by atoms with Gasteiger partial charge in [0, 0.05) is 11.8 Å². The number of nitrogens with zero attached hydrogens (tertiary/aromatic N) is 1. The van der Waals surface area contributed by atoms with Gasteiger partial charge in [-0.25, -0.2) is 0 Å². The molecule has 1 rings (SSSR count). The van der Waals surface area contributed by atoms with Crippen LogP contribution in [0.1, 0.15) is 65.0 Å². The monoisotopic (exact) mass is 371 g/mol. The molecule has 0 N–H and O–H groups in total. The quantitative estimate of drug-likeness (QED) is 0.462. The molecule has 1 aromatic rings. The lowest BCUT2D eigenvalue weighted by Gasteiger charge is -2.26. The third-order valence-electron chi connectivity index (χ3n) is 4.02. The maximum Gasteiger partial charge on any atom is 0.326 e. The Morgan fingerprint density at radius 1 is 1.19 bits per heavy atom. The summed E-state index contributed by atoms with van der Waals surface area (Å²) in [5.74, 6) is -0.685. The fraction of sp³-hybridized carbons (Fsp3) is 0.478. The second-order valence-corrected chi connectivity index (χ2v) is 7.87. The first-order chi connectivity index (χ1) is 12.5. The number of hydrogen-bond donors (Lipinski definition) is 0. The Labute approximate surface area is 163 Å². The largest absolute Gasteiger partial charge is 0.459 e. The summed E-state index contributed by atoms with van der Waals surface area (Å²) in [5.41, 5.74) is 3.03. The van der Waals surface area contributed by atoms with E-state index in [0.29, 0.717) is 12.1 Å². The van der Waals surface area contributed by atoms with Gasteiger partial charge in [0.1, 0.15) is 12.1 Å². The number of esters is 1. The number of benzene rings is 1. The van der Waals surface area contributed by atoms with Crippen molar-refractivity contribution in [3.63, 3.8) is 0 Å². The maximum absolute atomic E-state index is 12.9. The number of amides is 1. The second-order valence-electron chi connectivity index (χ2n) is 7.87. The average molecular weight is 372 g/mol. The molecule has 0 heterocycles. The first-order valence-electron chi connectivity index (χ1n) is 9.50. The summed E-state index contributed by atoms with van der Waals surface area (Å²) < 4.78 is 5.38. The molecule has 0 aliphatic carbocycles. The van der Waals surface area contributed by atoms with Gasteiger partial charge in [-0.15, -0.1) is 0 Å². The third kappa shape index (κ3) is 8.25. The summed E-state index contributed by atoms with van der Waals surface area (Å²) >= 11 is 0. The van der Waals surface area contributed by atoms with E-state index in [0.717, 1.165) is 29.5 Å². The number of allylic oxidation sites excluding steroid dienone is 2. The van der Waals surface area contributed by atoms with Crippen LogP contribution in [0.3, 0.4) is 0 Å². The van der Waals surface area contributed by atoms with Crippen LogP contribution in [0.4, 0.5) is 0 Å². The molecule has 0 saturated heterocycles. The molecular weight excluding hydrogens is 338 g/mol. The van der Waals surface area contributed by atoms with Crippen molar-refractivity contribution < 1.29 is 14.3 Å². The minimum Gasteiger partial charge on any atom is -0.459 e. The molecule has 148 valence electrons. The zero-order valence-corrected chi connectivity index (χ0v) is 17.6. The topological polar surface area (TPSA) is 46.6 Å².